The molecule has 96 valence electrons. The van der Waals surface area contributed by atoms with Crippen LogP contribution in [0.15, 0.2) is 10.9 Å². The fourth-order valence-corrected chi connectivity index (χ4v) is 2.75. The molecule has 2 N–H and O–H groups in total. The molecule has 2 heterocycles. The number of likely N-dealkylation sites (tertiary alicyclic amines) is 1. The van der Waals surface area contributed by atoms with Crippen LogP contribution in [0.25, 0.3) is 0 Å². The highest BCUT2D eigenvalue weighted by atomic mass is 32.1. The van der Waals surface area contributed by atoms with Crippen molar-refractivity contribution in [2.24, 2.45) is 5.73 Å². The van der Waals surface area contributed by atoms with Crippen LogP contribution in [-0.2, 0) is 4.79 Å². The van der Waals surface area contributed by atoms with Crippen LogP contribution in [0.2, 0.25) is 0 Å². The van der Waals surface area contributed by atoms with Crippen LogP contribution in [0, 0.1) is 11.3 Å². The van der Waals surface area contributed by atoms with Gasteiger partial charge in [-0.15, -0.1) is 11.3 Å². The number of alkyl halides is 1. The lowest BCUT2D eigenvalue weighted by Gasteiger charge is -2.22. The van der Waals surface area contributed by atoms with E-state index in [1.165, 1.54) is 16.2 Å². The molecule has 1 aromatic rings. The molecular weight excluding hydrogens is 255 g/mol. The van der Waals surface area contributed by atoms with Gasteiger partial charge in [0.25, 0.3) is 0 Å². The van der Waals surface area contributed by atoms with Gasteiger partial charge in [0.2, 0.25) is 5.91 Å². The Kier molecular flexibility index (Phi) is 3.89. The Labute approximate surface area is 108 Å². The topological polar surface area (TPSA) is 83.0 Å². The minimum atomic E-state index is -1.17. The fourth-order valence-electron chi connectivity index (χ4n) is 2.12. The number of carbonyl (C=O) groups is 1. The predicted molar refractivity (Wildman–Crippen MR) is 64.5 cm³/mol. The molecule has 1 aromatic heterocycles. The van der Waals surface area contributed by atoms with E-state index in [0.717, 1.165) is 5.69 Å². The van der Waals surface area contributed by atoms with Gasteiger partial charge in [0, 0.05) is 17.8 Å². The molecule has 1 saturated heterocycles. The van der Waals surface area contributed by atoms with Gasteiger partial charge in [0.05, 0.1) is 17.3 Å². The number of rotatable bonds is 3. The summed E-state index contributed by atoms with van der Waals surface area (Å²) in [7, 11) is 0. The highest BCUT2D eigenvalue weighted by molar-refractivity contribution is 7.07. The lowest BCUT2D eigenvalue weighted by atomic mass is 10.0. The SMILES string of the molecule is N#C[C@@H]1C[C@H](c2cscn2)CN1C(=O)[C@@H](N)CF. The van der Waals surface area contributed by atoms with Crippen LogP contribution >= 0.6 is 11.3 Å². The first kappa shape index (κ1) is 12.9. The van der Waals surface area contributed by atoms with Crippen molar-refractivity contribution in [2.45, 2.75) is 24.4 Å². The van der Waals surface area contributed by atoms with Crippen LogP contribution in [0.4, 0.5) is 4.39 Å². The molecular formula is C11H13FN4OS. The minimum Gasteiger partial charge on any atom is -0.325 e. The van der Waals surface area contributed by atoms with Crippen LogP contribution in [0.5, 0.6) is 0 Å². The lowest BCUT2D eigenvalue weighted by Crippen LogP contribution is -2.46. The molecule has 1 amide bonds. The number of nitrogens with zero attached hydrogens (tertiary/aromatic N) is 3. The molecule has 1 fully saturated rings. The van der Waals surface area contributed by atoms with E-state index in [1.54, 1.807) is 5.51 Å². The normalized spacial score (nSPS) is 24.8. The van der Waals surface area contributed by atoms with Gasteiger partial charge in [-0.25, -0.2) is 9.37 Å². The van der Waals surface area contributed by atoms with Gasteiger partial charge < -0.3 is 10.6 Å². The molecule has 0 aromatic carbocycles. The Balaban J connectivity index is 2.12. The van der Waals surface area contributed by atoms with Gasteiger partial charge in [0.1, 0.15) is 18.8 Å². The molecule has 0 radical (unpaired) electrons. The summed E-state index contributed by atoms with van der Waals surface area (Å²) < 4.78 is 12.4. The molecule has 0 saturated carbocycles. The second-order valence-electron chi connectivity index (χ2n) is 4.24. The molecule has 1 aliphatic rings. The Morgan fingerprint density at radius 2 is 2.61 bits per heavy atom. The number of hydrogen-bond acceptors (Lipinski definition) is 5. The first-order valence-electron chi connectivity index (χ1n) is 5.57. The number of aromatic nitrogens is 1. The standard InChI is InChI=1S/C11H13FN4OS/c12-2-9(14)11(17)16-4-7(1-8(16)3-13)10-5-18-6-15-10/h5-9H,1-2,4,14H2/t7-,8-,9-/m0/s1. The Morgan fingerprint density at radius 1 is 1.83 bits per heavy atom. The van der Waals surface area contributed by atoms with Gasteiger partial charge in [-0.3, -0.25) is 4.79 Å². The summed E-state index contributed by atoms with van der Waals surface area (Å²) in [5.41, 5.74) is 7.98. The summed E-state index contributed by atoms with van der Waals surface area (Å²) in [4.78, 5) is 17.4. The van der Waals surface area contributed by atoms with Crippen molar-refractivity contribution in [3.05, 3.63) is 16.6 Å². The average Bonchev–Trinajstić information content (AvgIpc) is 3.04. The third-order valence-electron chi connectivity index (χ3n) is 3.09. The number of thiazole rings is 1. The zero-order chi connectivity index (χ0) is 13.1. The summed E-state index contributed by atoms with van der Waals surface area (Å²) in [6, 6.07) is 0.357. The summed E-state index contributed by atoms with van der Waals surface area (Å²) in [6.45, 7) is -0.524. The van der Waals surface area contributed by atoms with E-state index in [1.807, 2.05) is 5.38 Å². The zero-order valence-electron chi connectivity index (χ0n) is 9.62. The maximum absolute atomic E-state index is 12.4. The molecule has 0 unspecified atom stereocenters. The van der Waals surface area contributed by atoms with Crippen molar-refractivity contribution in [1.82, 2.24) is 9.88 Å². The van der Waals surface area contributed by atoms with Crippen LogP contribution in [-0.4, -0.2) is 41.1 Å². The quantitative estimate of drug-likeness (QED) is 0.872. The maximum atomic E-state index is 12.4. The summed E-state index contributed by atoms with van der Waals surface area (Å²) in [6.07, 6.45) is 0.533. The van der Waals surface area contributed by atoms with E-state index < -0.39 is 24.7 Å². The molecule has 3 atom stereocenters. The minimum absolute atomic E-state index is 0.0386. The lowest BCUT2D eigenvalue weighted by molar-refractivity contribution is -0.132. The molecule has 7 heteroatoms. The van der Waals surface area contributed by atoms with Crippen LogP contribution < -0.4 is 5.73 Å². The van der Waals surface area contributed by atoms with Gasteiger partial charge in [-0.05, 0) is 6.42 Å². The molecule has 1 aliphatic heterocycles. The zero-order valence-corrected chi connectivity index (χ0v) is 10.4. The van der Waals surface area contributed by atoms with Crippen LogP contribution in [0.3, 0.4) is 0 Å². The second kappa shape index (κ2) is 5.42. The van der Waals surface area contributed by atoms with E-state index >= 15 is 0 Å². The first-order chi connectivity index (χ1) is 8.67. The van der Waals surface area contributed by atoms with Crippen molar-refractivity contribution < 1.29 is 9.18 Å². The Morgan fingerprint density at radius 3 is 3.17 bits per heavy atom. The Bertz CT molecular complexity index is 458. The molecule has 0 bridgehead atoms. The Hall–Kier alpha value is -1.52. The van der Waals surface area contributed by atoms with E-state index in [4.69, 9.17) is 11.0 Å². The highest BCUT2D eigenvalue weighted by Gasteiger charge is 2.38. The third-order valence-corrected chi connectivity index (χ3v) is 3.69. The van der Waals surface area contributed by atoms with E-state index in [0.29, 0.717) is 13.0 Å². The average molecular weight is 268 g/mol. The molecule has 0 aliphatic carbocycles. The molecule has 5 nitrogen and oxygen atoms in total. The number of carbonyl (C=O) groups excluding carboxylic acids is 1. The van der Waals surface area contributed by atoms with Crippen LogP contribution in [0.1, 0.15) is 18.0 Å². The maximum Gasteiger partial charge on any atom is 0.243 e. The number of hydrogen-bond donors (Lipinski definition) is 1. The van der Waals surface area contributed by atoms with Gasteiger partial charge in [-0.1, -0.05) is 0 Å². The van der Waals surface area contributed by atoms with Crippen molar-refractivity contribution in [3.8, 4) is 6.07 Å². The fraction of sp³-hybridized carbons (Fsp3) is 0.545. The number of nitrogens with two attached hydrogens (primary N) is 1. The van der Waals surface area contributed by atoms with Gasteiger partial charge in [0.15, 0.2) is 0 Å². The monoisotopic (exact) mass is 268 g/mol. The number of nitriles is 1. The largest absolute Gasteiger partial charge is 0.325 e. The summed E-state index contributed by atoms with van der Waals surface area (Å²) in [5.74, 6) is -0.460. The van der Waals surface area contributed by atoms with E-state index in [9.17, 15) is 9.18 Å². The van der Waals surface area contributed by atoms with Crippen molar-refractivity contribution in [2.75, 3.05) is 13.2 Å². The van der Waals surface area contributed by atoms with E-state index in [2.05, 4.69) is 11.1 Å². The summed E-state index contributed by atoms with van der Waals surface area (Å²) >= 11 is 1.47. The van der Waals surface area contributed by atoms with Crippen molar-refractivity contribution in [1.29, 1.82) is 5.26 Å². The number of amides is 1. The molecule has 0 spiro atoms. The second-order valence-corrected chi connectivity index (χ2v) is 4.96. The summed E-state index contributed by atoms with van der Waals surface area (Å²) in [5, 5.41) is 11.0. The van der Waals surface area contributed by atoms with E-state index in [-0.39, 0.29) is 5.92 Å². The highest BCUT2D eigenvalue weighted by Crippen LogP contribution is 2.31. The first-order valence-corrected chi connectivity index (χ1v) is 6.51. The predicted octanol–water partition coefficient (Wildman–Crippen LogP) is 0.648. The van der Waals surface area contributed by atoms with Crippen molar-refractivity contribution in [3.63, 3.8) is 0 Å². The number of halogens is 1. The third kappa shape index (κ3) is 2.35. The van der Waals surface area contributed by atoms with Crippen molar-refractivity contribution >= 4 is 17.2 Å². The van der Waals surface area contributed by atoms with Gasteiger partial charge in [-0.2, -0.15) is 5.26 Å². The molecule has 18 heavy (non-hydrogen) atoms. The van der Waals surface area contributed by atoms with Gasteiger partial charge >= 0.3 is 0 Å². The smallest absolute Gasteiger partial charge is 0.243 e. The molecule has 2 rings (SSSR count).